The number of amides is 2. The SMILES string of the molecule is NC(=O)c1cc2c(cc1F)S(=O)(=O)C[C@H](N)C(=O)N2Cc1ccc(Cl)cc1. The number of sulfone groups is 1. The van der Waals surface area contributed by atoms with Crippen molar-refractivity contribution in [1.82, 2.24) is 0 Å². The first-order chi connectivity index (χ1) is 12.6. The van der Waals surface area contributed by atoms with Crippen molar-refractivity contribution >= 4 is 38.9 Å². The molecule has 0 spiro atoms. The van der Waals surface area contributed by atoms with Crippen LogP contribution >= 0.6 is 11.6 Å². The van der Waals surface area contributed by atoms with E-state index in [-0.39, 0.29) is 12.2 Å². The minimum absolute atomic E-state index is 0.0456. The first-order valence-electron chi connectivity index (χ1n) is 7.77. The third kappa shape index (κ3) is 3.66. The molecule has 2 amide bonds. The Morgan fingerprint density at radius 2 is 1.89 bits per heavy atom. The molecule has 0 fully saturated rings. The van der Waals surface area contributed by atoms with Gasteiger partial charge in [-0.1, -0.05) is 23.7 Å². The van der Waals surface area contributed by atoms with E-state index in [1.54, 1.807) is 24.3 Å². The van der Waals surface area contributed by atoms with Crippen molar-refractivity contribution in [3.63, 3.8) is 0 Å². The smallest absolute Gasteiger partial charge is 0.251 e. The van der Waals surface area contributed by atoms with E-state index < -0.39 is 49.7 Å². The maximum atomic E-state index is 14.2. The maximum Gasteiger partial charge on any atom is 0.251 e. The largest absolute Gasteiger partial charge is 0.366 e. The van der Waals surface area contributed by atoms with Crippen LogP contribution in [-0.4, -0.2) is 32.0 Å². The van der Waals surface area contributed by atoms with Gasteiger partial charge in [-0.15, -0.1) is 0 Å². The fourth-order valence-electron chi connectivity index (χ4n) is 2.84. The second-order valence-corrected chi connectivity index (χ2v) is 8.54. The van der Waals surface area contributed by atoms with Crippen molar-refractivity contribution in [3.8, 4) is 0 Å². The van der Waals surface area contributed by atoms with Gasteiger partial charge in [0, 0.05) is 5.02 Å². The van der Waals surface area contributed by atoms with Gasteiger partial charge in [-0.3, -0.25) is 9.59 Å². The number of carbonyl (C=O) groups excluding carboxylic acids is 2. The van der Waals surface area contributed by atoms with E-state index in [0.717, 1.165) is 11.0 Å². The Balaban J connectivity index is 2.22. The second kappa shape index (κ2) is 6.91. The highest BCUT2D eigenvalue weighted by Gasteiger charge is 2.37. The molecule has 2 aromatic rings. The van der Waals surface area contributed by atoms with Gasteiger partial charge in [0.1, 0.15) is 5.82 Å². The standard InChI is InChI=1S/C17H15ClFN3O4S/c18-10-3-1-9(2-4-10)7-22-14-5-11(16(21)23)12(19)6-15(14)27(25,26)8-13(20)17(22)24/h1-6,13H,7-8,20H2,(H2,21,23)/t13-/m0/s1. The summed E-state index contributed by atoms with van der Waals surface area (Å²) in [5.74, 6) is -3.51. The molecule has 0 saturated carbocycles. The minimum Gasteiger partial charge on any atom is -0.366 e. The summed E-state index contributed by atoms with van der Waals surface area (Å²) in [7, 11) is -4.06. The lowest BCUT2D eigenvalue weighted by Crippen LogP contribution is -2.45. The lowest BCUT2D eigenvalue weighted by molar-refractivity contribution is -0.119. The van der Waals surface area contributed by atoms with Crippen molar-refractivity contribution in [1.29, 1.82) is 0 Å². The molecule has 1 atom stereocenters. The van der Waals surface area contributed by atoms with Crippen molar-refractivity contribution in [3.05, 3.63) is 58.4 Å². The predicted octanol–water partition coefficient (Wildman–Crippen LogP) is 1.23. The lowest BCUT2D eigenvalue weighted by Gasteiger charge is -2.24. The van der Waals surface area contributed by atoms with Gasteiger partial charge in [0.25, 0.3) is 5.91 Å². The highest BCUT2D eigenvalue weighted by atomic mass is 35.5. The van der Waals surface area contributed by atoms with E-state index in [9.17, 15) is 22.4 Å². The molecule has 10 heteroatoms. The first kappa shape index (κ1) is 19.3. The molecular formula is C17H15ClFN3O4S. The molecule has 0 unspecified atom stereocenters. The monoisotopic (exact) mass is 411 g/mol. The Morgan fingerprint density at radius 1 is 1.26 bits per heavy atom. The highest BCUT2D eigenvalue weighted by molar-refractivity contribution is 7.91. The van der Waals surface area contributed by atoms with Gasteiger partial charge < -0.3 is 16.4 Å². The van der Waals surface area contributed by atoms with Gasteiger partial charge in [0.05, 0.1) is 34.5 Å². The molecule has 27 heavy (non-hydrogen) atoms. The zero-order valence-corrected chi connectivity index (χ0v) is 15.4. The Labute approximate surface area is 159 Å². The summed E-state index contributed by atoms with van der Waals surface area (Å²) >= 11 is 5.85. The summed E-state index contributed by atoms with van der Waals surface area (Å²) in [4.78, 5) is 24.9. The average molecular weight is 412 g/mol. The number of benzene rings is 2. The molecule has 142 valence electrons. The van der Waals surface area contributed by atoms with Gasteiger partial charge in [0.15, 0.2) is 9.84 Å². The third-order valence-electron chi connectivity index (χ3n) is 4.18. The fraction of sp³-hybridized carbons (Fsp3) is 0.176. The fourth-order valence-corrected chi connectivity index (χ4v) is 4.54. The minimum atomic E-state index is -4.06. The zero-order valence-electron chi connectivity index (χ0n) is 13.9. The summed E-state index contributed by atoms with van der Waals surface area (Å²) in [5, 5.41) is 0.485. The third-order valence-corrected chi connectivity index (χ3v) is 6.22. The number of rotatable bonds is 3. The number of nitrogens with zero attached hydrogens (tertiary/aromatic N) is 1. The van der Waals surface area contributed by atoms with Crippen molar-refractivity contribution in [2.45, 2.75) is 17.5 Å². The molecule has 4 N–H and O–H groups in total. The van der Waals surface area contributed by atoms with E-state index >= 15 is 0 Å². The molecule has 1 aliphatic heterocycles. The van der Waals surface area contributed by atoms with Gasteiger partial charge in [0.2, 0.25) is 5.91 Å². The first-order valence-corrected chi connectivity index (χ1v) is 9.80. The molecule has 0 radical (unpaired) electrons. The number of nitrogens with two attached hydrogens (primary N) is 2. The number of halogens is 2. The number of fused-ring (bicyclic) bond motifs is 1. The Kier molecular flexibility index (Phi) is 4.94. The molecule has 0 aliphatic carbocycles. The van der Waals surface area contributed by atoms with Crippen LogP contribution in [0.1, 0.15) is 15.9 Å². The highest BCUT2D eigenvalue weighted by Crippen LogP contribution is 2.33. The van der Waals surface area contributed by atoms with Crippen LogP contribution in [0.5, 0.6) is 0 Å². The zero-order chi connectivity index (χ0) is 19.9. The molecule has 1 aliphatic rings. The maximum absolute atomic E-state index is 14.2. The number of anilines is 1. The van der Waals surface area contributed by atoms with Gasteiger partial charge >= 0.3 is 0 Å². The van der Waals surface area contributed by atoms with Crippen LogP contribution in [-0.2, 0) is 21.2 Å². The predicted molar refractivity (Wildman–Crippen MR) is 97.6 cm³/mol. The average Bonchev–Trinajstić information content (AvgIpc) is 2.65. The van der Waals surface area contributed by atoms with Crippen LogP contribution in [0.15, 0.2) is 41.3 Å². The van der Waals surface area contributed by atoms with Crippen LogP contribution < -0.4 is 16.4 Å². The van der Waals surface area contributed by atoms with Gasteiger partial charge in [-0.25, -0.2) is 12.8 Å². The summed E-state index contributed by atoms with van der Waals surface area (Å²) in [5.41, 5.74) is 10.9. The Morgan fingerprint density at radius 3 is 2.48 bits per heavy atom. The Bertz CT molecular complexity index is 1040. The van der Waals surface area contributed by atoms with Gasteiger partial charge in [-0.2, -0.15) is 0 Å². The van der Waals surface area contributed by atoms with Crippen LogP contribution in [0.3, 0.4) is 0 Å². The van der Waals surface area contributed by atoms with Crippen LogP contribution in [0, 0.1) is 5.82 Å². The number of primary amides is 1. The lowest BCUT2D eigenvalue weighted by atomic mass is 10.1. The van der Waals surface area contributed by atoms with E-state index in [1.165, 1.54) is 0 Å². The summed E-state index contributed by atoms with van der Waals surface area (Å²) in [6.45, 7) is -0.0456. The second-order valence-electron chi connectivity index (χ2n) is 6.10. The van der Waals surface area contributed by atoms with Gasteiger partial charge in [-0.05, 0) is 29.8 Å². The van der Waals surface area contributed by atoms with Crippen LogP contribution in [0.4, 0.5) is 10.1 Å². The quantitative estimate of drug-likeness (QED) is 0.786. The molecule has 3 rings (SSSR count). The van der Waals surface area contributed by atoms with Crippen molar-refractivity contribution in [2.75, 3.05) is 10.7 Å². The molecule has 7 nitrogen and oxygen atoms in total. The van der Waals surface area contributed by atoms with Crippen LogP contribution in [0.2, 0.25) is 5.02 Å². The summed E-state index contributed by atoms with van der Waals surface area (Å²) in [6, 6.07) is 6.85. The normalized spacial score (nSPS) is 18.7. The van der Waals surface area contributed by atoms with E-state index in [1.807, 2.05) is 0 Å². The van der Waals surface area contributed by atoms with E-state index in [0.29, 0.717) is 16.7 Å². The van der Waals surface area contributed by atoms with Crippen molar-refractivity contribution < 1.29 is 22.4 Å². The number of hydrogen-bond donors (Lipinski definition) is 2. The molecular weight excluding hydrogens is 397 g/mol. The summed E-state index contributed by atoms with van der Waals surface area (Å²) in [6.07, 6.45) is 0. The summed E-state index contributed by atoms with van der Waals surface area (Å²) < 4.78 is 39.3. The van der Waals surface area contributed by atoms with E-state index in [2.05, 4.69) is 0 Å². The molecule has 1 heterocycles. The number of carbonyl (C=O) groups is 2. The van der Waals surface area contributed by atoms with Crippen LogP contribution in [0.25, 0.3) is 0 Å². The van der Waals surface area contributed by atoms with E-state index in [4.69, 9.17) is 23.1 Å². The topological polar surface area (TPSA) is 124 Å². The molecule has 0 bridgehead atoms. The molecule has 2 aromatic carbocycles. The molecule has 0 aromatic heterocycles. The Hall–Kier alpha value is -2.49. The molecule has 0 saturated heterocycles. The van der Waals surface area contributed by atoms with Crippen molar-refractivity contribution in [2.24, 2.45) is 11.5 Å². The number of hydrogen-bond acceptors (Lipinski definition) is 5.